The minimum absolute atomic E-state index is 0.00151. The number of hydrogen-bond donors (Lipinski definition) is 1. The van der Waals surface area contributed by atoms with Crippen molar-refractivity contribution in [2.45, 2.75) is 39.3 Å². The van der Waals surface area contributed by atoms with Crippen LogP contribution in [0.1, 0.15) is 42.9 Å². The van der Waals surface area contributed by atoms with Crippen molar-refractivity contribution in [3.63, 3.8) is 0 Å². The van der Waals surface area contributed by atoms with Crippen molar-refractivity contribution in [2.24, 2.45) is 0 Å². The Morgan fingerprint density at radius 1 is 1.36 bits per heavy atom. The van der Waals surface area contributed by atoms with Gasteiger partial charge in [-0.1, -0.05) is 0 Å². The van der Waals surface area contributed by atoms with E-state index in [2.05, 4.69) is 19.9 Å². The summed E-state index contributed by atoms with van der Waals surface area (Å²) in [5.41, 5.74) is 8.32. The van der Waals surface area contributed by atoms with Gasteiger partial charge in [0.1, 0.15) is 5.82 Å². The van der Waals surface area contributed by atoms with E-state index in [1.165, 1.54) is 6.92 Å². The number of hydrogen-bond acceptors (Lipinski definition) is 7. The van der Waals surface area contributed by atoms with Crippen molar-refractivity contribution in [1.82, 2.24) is 24.8 Å². The van der Waals surface area contributed by atoms with E-state index in [1.807, 2.05) is 13.0 Å². The van der Waals surface area contributed by atoms with Gasteiger partial charge in [-0.3, -0.25) is 14.8 Å². The predicted octanol–water partition coefficient (Wildman–Crippen LogP) is 1.48. The molecule has 0 aromatic carbocycles. The highest BCUT2D eigenvalue weighted by molar-refractivity contribution is 5.72. The molecule has 1 fully saturated rings. The van der Waals surface area contributed by atoms with Crippen LogP contribution < -0.4 is 10.6 Å². The monoisotopic (exact) mass is 341 g/mol. The summed E-state index contributed by atoms with van der Waals surface area (Å²) in [4.78, 5) is 32.8. The van der Waals surface area contributed by atoms with Crippen molar-refractivity contribution < 1.29 is 4.79 Å². The maximum Gasteiger partial charge on any atom is 0.222 e. The Bertz CT molecular complexity index is 759. The summed E-state index contributed by atoms with van der Waals surface area (Å²) in [7, 11) is 1.75. The normalized spacial score (nSPS) is 16.9. The molecule has 1 amide bonds. The van der Waals surface area contributed by atoms with E-state index < -0.39 is 0 Å². The van der Waals surface area contributed by atoms with E-state index in [0.717, 1.165) is 42.3 Å². The third-order valence-electron chi connectivity index (χ3n) is 4.39. The fraction of sp³-hybridized carbons (Fsp3) is 0.471. The Hall–Kier alpha value is -2.77. The van der Waals surface area contributed by atoms with Crippen LogP contribution in [0.15, 0.2) is 18.5 Å². The fourth-order valence-corrected chi connectivity index (χ4v) is 3.08. The zero-order chi connectivity index (χ0) is 18.0. The highest BCUT2D eigenvalue weighted by atomic mass is 16.2. The van der Waals surface area contributed by atoms with Crippen molar-refractivity contribution in [3.05, 3.63) is 35.5 Å². The molecule has 8 heteroatoms. The SMILES string of the molecule is CC(=O)N(C)Cc1cncc([C@@H]2CCCN2c2cc(C)nc(N)n2)n1. The number of carbonyl (C=O) groups excluding carboxylic acids is 1. The van der Waals surface area contributed by atoms with Crippen molar-refractivity contribution in [2.75, 3.05) is 24.2 Å². The zero-order valence-electron chi connectivity index (χ0n) is 14.8. The Morgan fingerprint density at radius 2 is 2.16 bits per heavy atom. The van der Waals surface area contributed by atoms with Gasteiger partial charge in [-0.25, -0.2) is 4.98 Å². The van der Waals surface area contributed by atoms with E-state index in [-0.39, 0.29) is 17.9 Å². The van der Waals surface area contributed by atoms with Crippen LogP contribution >= 0.6 is 0 Å². The summed E-state index contributed by atoms with van der Waals surface area (Å²) in [5.74, 6) is 1.10. The molecule has 0 saturated carbocycles. The minimum atomic E-state index is 0.00151. The lowest BCUT2D eigenvalue weighted by Gasteiger charge is -2.26. The lowest BCUT2D eigenvalue weighted by atomic mass is 10.1. The highest BCUT2D eigenvalue weighted by Gasteiger charge is 2.29. The number of nitrogens with two attached hydrogens (primary N) is 1. The van der Waals surface area contributed by atoms with Crippen LogP contribution in [0.2, 0.25) is 0 Å². The molecular formula is C17H23N7O. The van der Waals surface area contributed by atoms with Gasteiger partial charge in [0.25, 0.3) is 0 Å². The minimum Gasteiger partial charge on any atom is -0.368 e. The summed E-state index contributed by atoms with van der Waals surface area (Å²) >= 11 is 0. The summed E-state index contributed by atoms with van der Waals surface area (Å²) in [5, 5.41) is 0. The predicted molar refractivity (Wildman–Crippen MR) is 94.7 cm³/mol. The second-order valence-electron chi connectivity index (χ2n) is 6.39. The lowest BCUT2D eigenvalue weighted by molar-refractivity contribution is -0.128. The molecule has 132 valence electrons. The zero-order valence-corrected chi connectivity index (χ0v) is 14.8. The van der Waals surface area contributed by atoms with Gasteiger partial charge in [-0.05, 0) is 19.8 Å². The average molecular weight is 341 g/mol. The first-order valence-corrected chi connectivity index (χ1v) is 8.34. The molecule has 1 aliphatic heterocycles. The molecule has 3 heterocycles. The molecule has 3 rings (SSSR count). The molecule has 2 N–H and O–H groups in total. The molecule has 0 radical (unpaired) electrons. The molecule has 1 aliphatic rings. The highest BCUT2D eigenvalue weighted by Crippen LogP contribution is 2.34. The Labute approximate surface area is 147 Å². The molecule has 0 spiro atoms. The quantitative estimate of drug-likeness (QED) is 0.898. The van der Waals surface area contributed by atoms with E-state index in [4.69, 9.17) is 10.7 Å². The van der Waals surface area contributed by atoms with E-state index in [1.54, 1.807) is 24.3 Å². The summed E-state index contributed by atoms with van der Waals surface area (Å²) in [6.45, 7) is 4.78. The molecule has 0 bridgehead atoms. The molecule has 0 unspecified atom stereocenters. The van der Waals surface area contributed by atoms with Gasteiger partial charge in [-0.15, -0.1) is 0 Å². The molecule has 0 aliphatic carbocycles. The second-order valence-corrected chi connectivity index (χ2v) is 6.39. The van der Waals surface area contributed by atoms with Gasteiger partial charge in [0.15, 0.2) is 0 Å². The van der Waals surface area contributed by atoms with Gasteiger partial charge >= 0.3 is 0 Å². The van der Waals surface area contributed by atoms with Crippen LogP contribution in [0.5, 0.6) is 0 Å². The number of amides is 1. The van der Waals surface area contributed by atoms with Crippen molar-refractivity contribution >= 4 is 17.7 Å². The van der Waals surface area contributed by atoms with Gasteiger partial charge < -0.3 is 15.5 Å². The number of anilines is 2. The average Bonchev–Trinajstić information content (AvgIpc) is 3.03. The number of aromatic nitrogens is 4. The van der Waals surface area contributed by atoms with Gasteiger partial charge in [0.05, 0.1) is 36.4 Å². The second kappa shape index (κ2) is 7.00. The van der Waals surface area contributed by atoms with Crippen LogP contribution in [0.3, 0.4) is 0 Å². The van der Waals surface area contributed by atoms with Crippen LogP contribution in [-0.2, 0) is 11.3 Å². The Balaban J connectivity index is 1.86. The topological polar surface area (TPSA) is 101 Å². The molecule has 1 atom stereocenters. The molecule has 2 aromatic rings. The van der Waals surface area contributed by atoms with E-state index in [9.17, 15) is 4.79 Å². The van der Waals surface area contributed by atoms with Crippen LogP contribution in [0.4, 0.5) is 11.8 Å². The largest absolute Gasteiger partial charge is 0.368 e. The van der Waals surface area contributed by atoms with Gasteiger partial charge in [0.2, 0.25) is 11.9 Å². The molecule has 8 nitrogen and oxygen atoms in total. The smallest absolute Gasteiger partial charge is 0.222 e. The van der Waals surface area contributed by atoms with Crippen LogP contribution in [-0.4, -0.2) is 44.3 Å². The van der Waals surface area contributed by atoms with Gasteiger partial charge in [-0.2, -0.15) is 4.98 Å². The number of rotatable bonds is 4. The summed E-state index contributed by atoms with van der Waals surface area (Å²) in [6.07, 6.45) is 5.52. The number of aryl methyl sites for hydroxylation is 1. The Morgan fingerprint density at radius 3 is 2.88 bits per heavy atom. The first kappa shape index (κ1) is 17.1. The number of nitrogens with zero attached hydrogens (tertiary/aromatic N) is 6. The van der Waals surface area contributed by atoms with Crippen molar-refractivity contribution in [3.8, 4) is 0 Å². The Kier molecular flexibility index (Phi) is 4.78. The van der Waals surface area contributed by atoms with Crippen LogP contribution in [0, 0.1) is 6.92 Å². The summed E-state index contributed by atoms with van der Waals surface area (Å²) < 4.78 is 0. The van der Waals surface area contributed by atoms with Gasteiger partial charge in [0, 0.05) is 32.3 Å². The van der Waals surface area contributed by atoms with Crippen molar-refractivity contribution in [1.29, 1.82) is 0 Å². The van der Waals surface area contributed by atoms with E-state index >= 15 is 0 Å². The molecule has 1 saturated heterocycles. The number of carbonyl (C=O) groups is 1. The van der Waals surface area contributed by atoms with Crippen LogP contribution in [0.25, 0.3) is 0 Å². The first-order valence-electron chi connectivity index (χ1n) is 8.34. The maximum absolute atomic E-state index is 11.4. The molecule has 2 aromatic heterocycles. The maximum atomic E-state index is 11.4. The summed E-state index contributed by atoms with van der Waals surface area (Å²) in [6, 6.07) is 2.04. The molecular weight excluding hydrogens is 318 g/mol. The third kappa shape index (κ3) is 3.84. The number of nitrogen functional groups attached to an aromatic ring is 1. The third-order valence-corrected chi connectivity index (χ3v) is 4.39. The molecule has 25 heavy (non-hydrogen) atoms. The van der Waals surface area contributed by atoms with E-state index in [0.29, 0.717) is 6.54 Å². The lowest BCUT2D eigenvalue weighted by Crippen LogP contribution is -2.26. The first-order chi connectivity index (χ1) is 11.9. The fourth-order valence-electron chi connectivity index (χ4n) is 3.08. The standard InChI is InChI=1S/C17H23N7O/c1-11-7-16(22-17(18)20-11)24-6-4-5-15(24)14-9-19-8-13(21-14)10-23(3)12(2)25/h7-9,15H,4-6,10H2,1-3H3,(H2,18,20,22)/t15-/m0/s1.